The van der Waals surface area contributed by atoms with Crippen molar-refractivity contribution in [3.8, 4) is 11.5 Å². The van der Waals surface area contributed by atoms with Crippen molar-refractivity contribution in [2.75, 3.05) is 18.7 Å². The first-order chi connectivity index (χ1) is 16.2. The lowest BCUT2D eigenvalue weighted by Crippen LogP contribution is -2.36. The second-order valence-electron chi connectivity index (χ2n) is 7.85. The Bertz CT molecular complexity index is 1330. The largest absolute Gasteiger partial charge is 0.454 e. The number of rotatable bonds is 5. The van der Waals surface area contributed by atoms with Crippen LogP contribution in [0.3, 0.4) is 0 Å². The Morgan fingerprint density at radius 2 is 1.85 bits per heavy atom. The molecule has 0 saturated heterocycles. The number of carbonyl (C=O) groups excluding carboxylic acids is 1. The second-order valence-corrected chi connectivity index (χ2v) is 7.85. The summed E-state index contributed by atoms with van der Waals surface area (Å²) in [6.07, 6.45) is 2.75. The standard InChI is InChI=1S/C26H24N4O3/c1-17-6-9-20(10-7-17)29-26(27-13-12-19-15-28-22-5-3-2-4-21(19)22)30-25(31)18-8-11-23-24(14-18)33-16-32-23/h2-11,14-15,28H,12-13,16H2,1H3,(H2,27,29,30,31). The molecular weight excluding hydrogens is 416 g/mol. The molecule has 0 spiro atoms. The topological polar surface area (TPSA) is 87.7 Å². The van der Waals surface area contributed by atoms with Crippen LogP contribution in [0.15, 0.2) is 77.9 Å². The van der Waals surface area contributed by atoms with Crippen molar-refractivity contribution in [1.29, 1.82) is 0 Å². The Balaban J connectivity index is 1.34. The molecule has 2 heterocycles. The van der Waals surface area contributed by atoms with Crippen molar-refractivity contribution in [3.63, 3.8) is 0 Å². The van der Waals surface area contributed by atoms with Crippen LogP contribution in [0.5, 0.6) is 11.5 Å². The Labute approximate surface area is 191 Å². The summed E-state index contributed by atoms with van der Waals surface area (Å²) in [6, 6.07) is 21.2. The van der Waals surface area contributed by atoms with Crippen LogP contribution in [0.25, 0.3) is 10.9 Å². The van der Waals surface area contributed by atoms with Gasteiger partial charge in [-0.15, -0.1) is 0 Å². The van der Waals surface area contributed by atoms with E-state index >= 15 is 0 Å². The zero-order valence-corrected chi connectivity index (χ0v) is 18.2. The summed E-state index contributed by atoms with van der Waals surface area (Å²) in [5.74, 6) is 1.31. The number of hydrogen-bond donors (Lipinski definition) is 3. The van der Waals surface area contributed by atoms with Crippen LogP contribution >= 0.6 is 0 Å². The molecule has 166 valence electrons. The lowest BCUT2D eigenvalue weighted by molar-refractivity contribution is 0.0976. The van der Waals surface area contributed by atoms with Crippen molar-refractivity contribution < 1.29 is 14.3 Å². The normalized spacial score (nSPS) is 12.7. The van der Waals surface area contributed by atoms with E-state index in [1.807, 2.05) is 49.5 Å². The summed E-state index contributed by atoms with van der Waals surface area (Å²) in [6.45, 7) is 2.70. The van der Waals surface area contributed by atoms with Crippen molar-refractivity contribution in [2.45, 2.75) is 13.3 Å². The highest BCUT2D eigenvalue weighted by atomic mass is 16.7. The maximum absolute atomic E-state index is 12.9. The maximum atomic E-state index is 12.9. The van der Waals surface area contributed by atoms with E-state index < -0.39 is 0 Å². The number of hydrogen-bond acceptors (Lipinski definition) is 4. The molecule has 1 amide bonds. The van der Waals surface area contributed by atoms with Crippen LogP contribution in [-0.4, -0.2) is 30.2 Å². The van der Waals surface area contributed by atoms with Gasteiger partial charge in [0.2, 0.25) is 12.8 Å². The average molecular weight is 441 g/mol. The number of nitrogens with one attached hydrogen (secondary N) is 3. The van der Waals surface area contributed by atoms with E-state index in [9.17, 15) is 4.79 Å². The van der Waals surface area contributed by atoms with Gasteiger partial charge in [-0.05, 0) is 55.3 Å². The number of nitrogens with zero attached hydrogens (tertiary/aromatic N) is 1. The number of amides is 1. The van der Waals surface area contributed by atoms with Crippen LogP contribution in [0.4, 0.5) is 5.69 Å². The Morgan fingerprint density at radius 3 is 2.73 bits per heavy atom. The molecule has 0 aliphatic carbocycles. The van der Waals surface area contributed by atoms with E-state index in [1.165, 1.54) is 10.9 Å². The third-order valence-electron chi connectivity index (χ3n) is 5.51. The SMILES string of the molecule is Cc1ccc(NC(=NCCc2c[nH]c3ccccc23)NC(=O)c2ccc3c(c2)OCO3)cc1. The molecule has 3 N–H and O–H groups in total. The van der Waals surface area contributed by atoms with Gasteiger partial charge in [-0.1, -0.05) is 35.9 Å². The molecule has 4 aromatic rings. The molecule has 0 radical (unpaired) electrons. The number of guanidine groups is 1. The first kappa shape index (κ1) is 20.6. The van der Waals surface area contributed by atoms with Gasteiger partial charge in [0, 0.05) is 34.9 Å². The van der Waals surface area contributed by atoms with Gasteiger partial charge in [-0.3, -0.25) is 15.1 Å². The van der Waals surface area contributed by atoms with E-state index in [0.717, 1.165) is 23.2 Å². The molecule has 0 bridgehead atoms. The highest BCUT2D eigenvalue weighted by Crippen LogP contribution is 2.32. The number of aliphatic imine (C=N–C) groups is 1. The van der Waals surface area contributed by atoms with Gasteiger partial charge in [-0.25, -0.2) is 0 Å². The number of carbonyl (C=O) groups is 1. The molecule has 0 unspecified atom stereocenters. The first-order valence-corrected chi connectivity index (χ1v) is 10.8. The Hall–Kier alpha value is -4.26. The fourth-order valence-corrected chi connectivity index (χ4v) is 3.73. The van der Waals surface area contributed by atoms with E-state index in [4.69, 9.17) is 9.47 Å². The fourth-order valence-electron chi connectivity index (χ4n) is 3.73. The van der Waals surface area contributed by atoms with E-state index in [0.29, 0.717) is 29.6 Å². The van der Waals surface area contributed by atoms with Crippen LogP contribution in [0.2, 0.25) is 0 Å². The summed E-state index contributed by atoms with van der Waals surface area (Å²) in [5, 5.41) is 7.32. The number of ether oxygens (including phenoxy) is 2. The number of aryl methyl sites for hydroxylation is 1. The van der Waals surface area contributed by atoms with Gasteiger partial charge in [0.15, 0.2) is 11.5 Å². The molecular formula is C26H24N4O3. The van der Waals surface area contributed by atoms with Crippen LogP contribution in [0, 0.1) is 6.92 Å². The van der Waals surface area contributed by atoms with Crippen molar-refractivity contribution in [2.24, 2.45) is 4.99 Å². The molecule has 1 aliphatic heterocycles. The quantitative estimate of drug-likeness (QED) is 0.312. The fraction of sp³-hybridized carbons (Fsp3) is 0.154. The summed E-state index contributed by atoms with van der Waals surface area (Å²) in [5.41, 5.74) is 4.76. The third kappa shape index (κ3) is 4.67. The van der Waals surface area contributed by atoms with Gasteiger partial charge in [0.05, 0.1) is 0 Å². The number of aromatic amines is 1. The summed E-state index contributed by atoms with van der Waals surface area (Å²) < 4.78 is 10.7. The third-order valence-corrected chi connectivity index (χ3v) is 5.51. The Morgan fingerprint density at radius 1 is 1.03 bits per heavy atom. The van der Waals surface area contributed by atoms with E-state index in [2.05, 4.69) is 32.7 Å². The van der Waals surface area contributed by atoms with Gasteiger partial charge in [0.1, 0.15) is 0 Å². The van der Waals surface area contributed by atoms with Crippen molar-refractivity contribution >= 4 is 28.5 Å². The zero-order chi connectivity index (χ0) is 22.6. The summed E-state index contributed by atoms with van der Waals surface area (Å²) in [4.78, 5) is 20.9. The molecule has 1 aliphatic rings. The predicted molar refractivity (Wildman–Crippen MR) is 129 cm³/mol. The highest BCUT2D eigenvalue weighted by Gasteiger charge is 2.17. The molecule has 7 heteroatoms. The van der Waals surface area contributed by atoms with E-state index in [-0.39, 0.29) is 12.7 Å². The van der Waals surface area contributed by atoms with Gasteiger partial charge in [-0.2, -0.15) is 0 Å². The van der Waals surface area contributed by atoms with Gasteiger partial charge >= 0.3 is 0 Å². The molecule has 1 aromatic heterocycles. The monoisotopic (exact) mass is 440 g/mol. The molecule has 0 atom stereocenters. The molecule has 3 aromatic carbocycles. The minimum Gasteiger partial charge on any atom is -0.454 e. The number of benzene rings is 3. The zero-order valence-electron chi connectivity index (χ0n) is 18.2. The smallest absolute Gasteiger partial charge is 0.258 e. The minimum atomic E-state index is -0.279. The lowest BCUT2D eigenvalue weighted by Gasteiger charge is -2.12. The van der Waals surface area contributed by atoms with Crippen LogP contribution in [-0.2, 0) is 6.42 Å². The first-order valence-electron chi connectivity index (χ1n) is 10.8. The number of para-hydroxylation sites is 1. The predicted octanol–water partition coefficient (Wildman–Crippen LogP) is 4.65. The van der Waals surface area contributed by atoms with Gasteiger partial charge < -0.3 is 19.8 Å². The Kier molecular flexibility index (Phi) is 5.68. The van der Waals surface area contributed by atoms with E-state index in [1.54, 1.807) is 18.2 Å². The average Bonchev–Trinajstić information content (AvgIpc) is 3.47. The minimum absolute atomic E-state index is 0.163. The van der Waals surface area contributed by atoms with Crippen molar-refractivity contribution in [3.05, 3.63) is 89.6 Å². The molecule has 33 heavy (non-hydrogen) atoms. The number of fused-ring (bicyclic) bond motifs is 2. The van der Waals surface area contributed by atoms with Crippen molar-refractivity contribution in [1.82, 2.24) is 10.3 Å². The molecule has 0 fully saturated rings. The van der Waals surface area contributed by atoms with Gasteiger partial charge in [0.25, 0.3) is 5.91 Å². The van der Waals surface area contributed by atoms with Crippen LogP contribution in [0.1, 0.15) is 21.5 Å². The summed E-state index contributed by atoms with van der Waals surface area (Å²) >= 11 is 0. The number of H-pyrrole nitrogens is 1. The second kappa shape index (κ2) is 9.08. The maximum Gasteiger partial charge on any atom is 0.258 e. The lowest BCUT2D eigenvalue weighted by atomic mass is 10.1. The molecule has 0 saturated carbocycles. The van der Waals surface area contributed by atoms with Crippen LogP contribution < -0.4 is 20.1 Å². The number of anilines is 1. The molecule has 5 rings (SSSR count). The highest BCUT2D eigenvalue weighted by molar-refractivity contribution is 6.10. The number of aromatic nitrogens is 1. The summed E-state index contributed by atoms with van der Waals surface area (Å²) in [7, 11) is 0. The molecule has 7 nitrogen and oxygen atoms in total.